The first-order valence-electron chi connectivity index (χ1n) is 10.5. The van der Waals surface area contributed by atoms with Crippen LogP contribution in [0, 0.1) is 5.82 Å². The Balaban J connectivity index is 1.64. The van der Waals surface area contributed by atoms with Gasteiger partial charge < -0.3 is 10.4 Å². The molecule has 0 saturated heterocycles. The molecule has 0 saturated carbocycles. The summed E-state index contributed by atoms with van der Waals surface area (Å²) in [5.74, 6) is -0.983. The van der Waals surface area contributed by atoms with E-state index >= 15 is 0 Å². The maximum atomic E-state index is 13.4. The zero-order chi connectivity index (χ0) is 24.3. The van der Waals surface area contributed by atoms with Gasteiger partial charge in [-0.3, -0.25) is 9.78 Å². The first-order chi connectivity index (χ1) is 16.2. The zero-order valence-electron chi connectivity index (χ0n) is 17.8. The minimum absolute atomic E-state index is 0.0423. The van der Waals surface area contributed by atoms with Crippen LogP contribution in [0.5, 0.6) is 0 Å². The number of hydrogen-bond acceptors (Lipinski definition) is 3. The topological polar surface area (TPSA) is 62.2 Å². The van der Waals surface area contributed by atoms with Crippen LogP contribution in [0.2, 0.25) is 0 Å². The number of nitrogens with zero attached hydrogens (tertiary/aromatic N) is 1. The molecule has 8 heteroatoms. The monoisotopic (exact) mass is 468 g/mol. The number of aliphatic hydroxyl groups is 1. The summed E-state index contributed by atoms with van der Waals surface area (Å²) in [6, 6.07) is 17.4. The zero-order valence-corrected chi connectivity index (χ0v) is 17.8. The fourth-order valence-electron chi connectivity index (χ4n) is 3.75. The van der Waals surface area contributed by atoms with Crippen LogP contribution in [-0.4, -0.2) is 22.0 Å². The molecule has 2 atom stereocenters. The van der Waals surface area contributed by atoms with E-state index < -0.39 is 35.6 Å². The molecule has 0 spiro atoms. The largest absolute Gasteiger partial charge is 0.416 e. The molecule has 4 nitrogen and oxygen atoms in total. The minimum atomic E-state index is -4.47. The highest BCUT2D eigenvalue weighted by atomic mass is 19.4. The van der Waals surface area contributed by atoms with Gasteiger partial charge in [0.05, 0.1) is 28.8 Å². The van der Waals surface area contributed by atoms with Gasteiger partial charge in [-0.05, 0) is 53.9 Å². The van der Waals surface area contributed by atoms with E-state index in [4.69, 9.17) is 0 Å². The number of aliphatic hydroxyl groups excluding tert-OH is 1. The molecule has 3 aromatic carbocycles. The van der Waals surface area contributed by atoms with Crippen molar-refractivity contribution >= 4 is 16.8 Å². The normalized spacial score (nSPS) is 13.4. The van der Waals surface area contributed by atoms with E-state index in [-0.39, 0.29) is 6.42 Å². The van der Waals surface area contributed by atoms with Gasteiger partial charge in [0.25, 0.3) is 5.91 Å². The van der Waals surface area contributed by atoms with Gasteiger partial charge in [-0.15, -0.1) is 0 Å². The van der Waals surface area contributed by atoms with Gasteiger partial charge in [0.1, 0.15) is 5.82 Å². The SMILES string of the molecule is O=C(NC(Cc1ccc(C(F)(F)F)cc1)C(O)c1ccc(F)cc1)c1cccc2cccnc12. The van der Waals surface area contributed by atoms with E-state index in [1.54, 1.807) is 24.4 Å². The number of para-hydroxylation sites is 1. The van der Waals surface area contributed by atoms with E-state index in [0.717, 1.165) is 17.5 Å². The molecule has 34 heavy (non-hydrogen) atoms. The summed E-state index contributed by atoms with van der Waals surface area (Å²) >= 11 is 0. The molecule has 0 aliphatic carbocycles. The number of hydrogen-bond donors (Lipinski definition) is 2. The third-order valence-electron chi connectivity index (χ3n) is 5.52. The minimum Gasteiger partial charge on any atom is -0.386 e. The van der Waals surface area contributed by atoms with Crippen LogP contribution in [0.1, 0.15) is 33.2 Å². The van der Waals surface area contributed by atoms with E-state index in [0.29, 0.717) is 22.2 Å². The Hall–Kier alpha value is -3.78. The Morgan fingerprint density at radius 1 is 0.941 bits per heavy atom. The summed E-state index contributed by atoms with van der Waals surface area (Å²) < 4.78 is 52.1. The predicted octanol–water partition coefficient (Wildman–Crippen LogP) is 5.47. The summed E-state index contributed by atoms with van der Waals surface area (Å²) in [4.78, 5) is 17.4. The molecule has 0 aliphatic heterocycles. The molecular formula is C26H20F4N2O2. The third-order valence-corrected chi connectivity index (χ3v) is 5.52. The average molecular weight is 468 g/mol. The van der Waals surface area contributed by atoms with Gasteiger partial charge in [0.15, 0.2) is 0 Å². The summed E-state index contributed by atoms with van der Waals surface area (Å²) in [6.07, 6.45) is -4.11. The number of alkyl halides is 3. The van der Waals surface area contributed by atoms with Crippen molar-refractivity contribution in [3.05, 3.63) is 113 Å². The number of pyridine rings is 1. The molecule has 0 fully saturated rings. The smallest absolute Gasteiger partial charge is 0.386 e. The summed E-state index contributed by atoms with van der Waals surface area (Å²) in [7, 11) is 0. The number of carbonyl (C=O) groups excluding carboxylic acids is 1. The number of aromatic nitrogens is 1. The van der Waals surface area contributed by atoms with Crippen LogP contribution >= 0.6 is 0 Å². The molecule has 1 aromatic heterocycles. The van der Waals surface area contributed by atoms with Crippen molar-refractivity contribution in [3.8, 4) is 0 Å². The second-order valence-corrected chi connectivity index (χ2v) is 7.86. The lowest BCUT2D eigenvalue weighted by atomic mass is 9.95. The molecule has 0 aliphatic rings. The van der Waals surface area contributed by atoms with Crippen molar-refractivity contribution in [1.29, 1.82) is 0 Å². The van der Waals surface area contributed by atoms with Crippen molar-refractivity contribution in [3.63, 3.8) is 0 Å². The van der Waals surface area contributed by atoms with Gasteiger partial charge in [0.2, 0.25) is 0 Å². The summed E-state index contributed by atoms with van der Waals surface area (Å²) in [6.45, 7) is 0. The maximum absolute atomic E-state index is 13.4. The molecule has 2 unspecified atom stereocenters. The fraction of sp³-hybridized carbons (Fsp3) is 0.154. The quantitative estimate of drug-likeness (QED) is 0.369. The second-order valence-electron chi connectivity index (χ2n) is 7.86. The molecule has 0 radical (unpaired) electrons. The number of amides is 1. The Morgan fingerprint density at radius 3 is 2.29 bits per heavy atom. The Morgan fingerprint density at radius 2 is 1.62 bits per heavy atom. The molecule has 4 rings (SSSR count). The highest BCUT2D eigenvalue weighted by Crippen LogP contribution is 2.30. The Kier molecular flexibility index (Phi) is 6.61. The van der Waals surface area contributed by atoms with E-state index in [9.17, 15) is 27.5 Å². The van der Waals surface area contributed by atoms with Crippen molar-refractivity contribution in [2.45, 2.75) is 24.7 Å². The fourth-order valence-corrected chi connectivity index (χ4v) is 3.75. The van der Waals surface area contributed by atoms with Crippen LogP contribution in [-0.2, 0) is 12.6 Å². The number of carbonyl (C=O) groups is 1. The van der Waals surface area contributed by atoms with Crippen LogP contribution in [0.3, 0.4) is 0 Å². The van der Waals surface area contributed by atoms with Crippen molar-refractivity contribution in [2.24, 2.45) is 0 Å². The lowest BCUT2D eigenvalue weighted by Crippen LogP contribution is -2.41. The molecule has 2 N–H and O–H groups in total. The maximum Gasteiger partial charge on any atom is 0.416 e. The average Bonchev–Trinajstić information content (AvgIpc) is 2.83. The number of benzene rings is 3. The van der Waals surface area contributed by atoms with Crippen LogP contribution in [0.15, 0.2) is 85.1 Å². The molecular weight excluding hydrogens is 448 g/mol. The third kappa shape index (κ3) is 5.23. The highest BCUT2D eigenvalue weighted by molar-refractivity contribution is 6.05. The lowest BCUT2D eigenvalue weighted by molar-refractivity contribution is -0.137. The summed E-state index contributed by atoms with van der Waals surface area (Å²) in [5, 5.41) is 14.5. The summed E-state index contributed by atoms with van der Waals surface area (Å²) in [5.41, 5.74) is 0.816. The van der Waals surface area contributed by atoms with Crippen molar-refractivity contribution in [1.82, 2.24) is 10.3 Å². The molecule has 0 bridgehead atoms. The molecule has 4 aromatic rings. The molecule has 1 heterocycles. The predicted molar refractivity (Wildman–Crippen MR) is 120 cm³/mol. The Labute approximate surface area is 192 Å². The number of rotatable bonds is 6. The van der Waals surface area contributed by atoms with Gasteiger partial charge in [-0.1, -0.05) is 42.5 Å². The van der Waals surface area contributed by atoms with Crippen molar-refractivity contribution < 1.29 is 27.5 Å². The van der Waals surface area contributed by atoms with Gasteiger partial charge in [-0.25, -0.2) is 4.39 Å². The van der Waals surface area contributed by atoms with E-state index in [1.807, 2.05) is 12.1 Å². The number of nitrogens with one attached hydrogen (secondary N) is 1. The highest BCUT2D eigenvalue weighted by Gasteiger charge is 2.30. The lowest BCUT2D eigenvalue weighted by Gasteiger charge is -2.25. The number of fused-ring (bicyclic) bond motifs is 1. The molecule has 174 valence electrons. The standard InChI is InChI=1S/C26H20F4N2O2/c27-20-12-8-18(9-13-20)24(33)22(15-16-6-10-19(11-7-16)26(28,29)30)32-25(34)21-5-1-3-17-4-2-14-31-23(17)21/h1-14,22,24,33H,15H2,(H,32,34). The van der Waals surface area contributed by atoms with Gasteiger partial charge in [-0.2, -0.15) is 13.2 Å². The van der Waals surface area contributed by atoms with E-state index in [2.05, 4.69) is 10.3 Å². The van der Waals surface area contributed by atoms with Crippen LogP contribution < -0.4 is 5.32 Å². The van der Waals surface area contributed by atoms with Crippen molar-refractivity contribution in [2.75, 3.05) is 0 Å². The first-order valence-corrected chi connectivity index (χ1v) is 10.5. The number of halogens is 4. The van der Waals surface area contributed by atoms with Gasteiger partial charge in [0, 0.05) is 11.6 Å². The van der Waals surface area contributed by atoms with Crippen LogP contribution in [0.25, 0.3) is 10.9 Å². The molecule has 1 amide bonds. The van der Waals surface area contributed by atoms with E-state index in [1.165, 1.54) is 36.4 Å². The van der Waals surface area contributed by atoms with Crippen LogP contribution in [0.4, 0.5) is 17.6 Å². The van der Waals surface area contributed by atoms with Gasteiger partial charge >= 0.3 is 6.18 Å². The first kappa shape index (κ1) is 23.4. The second kappa shape index (κ2) is 9.61. The Bertz CT molecular complexity index is 1280.